The molecule has 23 heavy (non-hydrogen) atoms. The number of rotatable bonds is 5. The van der Waals surface area contributed by atoms with Crippen LogP contribution in [0.15, 0.2) is 24.3 Å². The van der Waals surface area contributed by atoms with Gasteiger partial charge in [0, 0.05) is 19.1 Å². The van der Waals surface area contributed by atoms with Crippen molar-refractivity contribution >= 4 is 17.3 Å². The molecule has 0 bridgehead atoms. The second-order valence-corrected chi connectivity index (χ2v) is 6.83. The summed E-state index contributed by atoms with van der Waals surface area (Å²) < 4.78 is 0. The van der Waals surface area contributed by atoms with Crippen molar-refractivity contribution in [3.63, 3.8) is 0 Å². The van der Waals surface area contributed by atoms with Crippen LogP contribution in [0, 0.1) is 0 Å². The maximum absolute atomic E-state index is 12.3. The van der Waals surface area contributed by atoms with E-state index >= 15 is 0 Å². The minimum absolute atomic E-state index is 0.0695. The van der Waals surface area contributed by atoms with Gasteiger partial charge in [-0.1, -0.05) is 31.4 Å². The fraction of sp³-hybridized carbons (Fsp3) is 0.632. The molecule has 0 unspecified atom stereocenters. The molecule has 126 valence electrons. The molecule has 0 spiro atoms. The van der Waals surface area contributed by atoms with Crippen LogP contribution in [0.2, 0.25) is 0 Å². The number of anilines is 2. The Labute approximate surface area is 139 Å². The first kappa shape index (κ1) is 16.3. The van der Waals surface area contributed by atoms with Crippen molar-refractivity contribution < 1.29 is 4.79 Å². The van der Waals surface area contributed by atoms with Crippen molar-refractivity contribution in [2.24, 2.45) is 0 Å². The summed E-state index contributed by atoms with van der Waals surface area (Å²) in [5.74, 6) is 0.0695. The van der Waals surface area contributed by atoms with E-state index in [4.69, 9.17) is 0 Å². The summed E-state index contributed by atoms with van der Waals surface area (Å²) in [6.07, 6.45) is 10.1. The lowest BCUT2D eigenvalue weighted by atomic mass is 9.95. The van der Waals surface area contributed by atoms with Gasteiger partial charge >= 0.3 is 0 Å². The van der Waals surface area contributed by atoms with Gasteiger partial charge in [0.1, 0.15) is 0 Å². The Morgan fingerprint density at radius 1 is 1.00 bits per heavy atom. The highest BCUT2D eigenvalue weighted by Crippen LogP contribution is 2.28. The van der Waals surface area contributed by atoms with Gasteiger partial charge < -0.3 is 15.5 Å². The maximum atomic E-state index is 12.3. The third-order valence-corrected chi connectivity index (χ3v) is 5.03. The van der Waals surface area contributed by atoms with Gasteiger partial charge in [-0.15, -0.1) is 0 Å². The van der Waals surface area contributed by atoms with E-state index in [2.05, 4.69) is 27.7 Å². The molecule has 1 saturated carbocycles. The lowest BCUT2D eigenvalue weighted by Gasteiger charge is -2.30. The lowest BCUT2D eigenvalue weighted by Crippen LogP contribution is -2.37. The fourth-order valence-corrected chi connectivity index (χ4v) is 3.73. The van der Waals surface area contributed by atoms with Crippen LogP contribution in [-0.4, -0.2) is 31.6 Å². The number of benzene rings is 1. The largest absolute Gasteiger partial charge is 0.370 e. The Kier molecular flexibility index (Phi) is 5.92. The molecule has 0 atom stereocenters. The third kappa shape index (κ3) is 4.71. The number of nitrogens with one attached hydrogen (secondary N) is 2. The lowest BCUT2D eigenvalue weighted by molar-refractivity contribution is -0.115. The minimum Gasteiger partial charge on any atom is -0.370 e. The van der Waals surface area contributed by atoms with E-state index in [0.717, 1.165) is 18.8 Å². The number of hydrogen-bond donors (Lipinski definition) is 2. The predicted molar refractivity (Wildman–Crippen MR) is 96.0 cm³/mol. The molecular formula is C19H29N3O. The van der Waals surface area contributed by atoms with Crippen LogP contribution < -0.4 is 15.5 Å². The van der Waals surface area contributed by atoms with Gasteiger partial charge in [-0.3, -0.25) is 4.79 Å². The third-order valence-electron chi connectivity index (χ3n) is 5.03. The predicted octanol–water partition coefficient (Wildman–Crippen LogP) is 3.54. The summed E-state index contributed by atoms with van der Waals surface area (Å²) in [5.41, 5.74) is 2.11. The maximum Gasteiger partial charge on any atom is 0.238 e. The van der Waals surface area contributed by atoms with Crippen LogP contribution in [0.1, 0.15) is 51.4 Å². The summed E-state index contributed by atoms with van der Waals surface area (Å²) in [6.45, 7) is 2.60. The molecule has 0 radical (unpaired) electrons. The molecule has 1 aromatic carbocycles. The molecule has 1 aliphatic heterocycles. The number of carbonyl (C=O) groups excluding carboxylic acids is 1. The van der Waals surface area contributed by atoms with Crippen LogP contribution in [0.25, 0.3) is 0 Å². The molecule has 2 fully saturated rings. The molecule has 1 aliphatic carbocycles. The number of amides is 1. The van der Waals surface area contributed by atoms with Crippen LogP contribution in [0.4, 0.5) is 11.4 Å². The first-order chi connectivity index (χ1) is 11.3. The van der Waals surface area contributed by atoms with E-state index in [1.165, 1.54) is 57.1 Å². The van der Waals surface area contributed by atoms with E-state index in [1.54, 1.807) is 0 Å². The Morgan fingerprint density at radius 2 is 1.70 bits per heavy atom. The van der Waals surface area contributed by atoms with Crippen molar-refractivity contribution in [1.29, 1.82) is 0 Å². The van der Waals surface area contributed by atoms with Crippen LogP contribution in [0.5, 0.6) is 0 Å². The molecule has 0 aromatic heterocycles. The topological polar surface area (TPSA) is 44.4 Å². The van der Waals surface area contributed by atoms with Gasteiger partial charge in [0.25, 0.3) is 0 Å². The normalized spacial score (nSPS) is 19.6. The fourth-order valence-electron chi connectivity index (χ4n) is 3.73. The smallest absolute Gasteiger partial charge is 0.238 e. The van der Waals surface area contributed by atoms with Crippen molar-refractivity contribution in [3.8, 4) is 0 Å². The van der Waals surface area contributed by atoms with Gasteiger partial charge in [0.2, 0.25) is 5.91 Å². The highest BCUT2D eigenvalue weighted by Gasteiger charge is 2.17. The second-order valence-electron chi connectivity index (χ2n) is 6.83. The quantitative estimate of drug-likeness (QED) is 0.873. The van der Waals surface area contributed by atoms with E-state index in [1.807, 2.05) is 12.1 Å². The summed E-state index contributed by atoms with van der Waals surface area (Å²) in [5, 5.41) is 6.52. The van der Waals surface area contributed by atoms with Crippen molar-refractivity contribution in [3.05, 3.63) is 24.3 Å². The summed E-state index contributed by atoms with van der Waals surface area (Å²) in [7, 11) is 0. The highest BCUT2D eigenvalue weighted by atomic mass is 16.1. The first-order valence-corrected chi connectivity index (χ1v) is 9.20. The monoisotopic (exact) mass is 315 g/mol. The Morgan fingerprint density at radius 3 is 2.48 bits per heavy atom. The summed E-state index contributed by atoms with van der Waals surface area (Å²) in [6, 6.07) is 8.71. The van der Waals surface area contributed by atoms with Crippen molar-refractivity contribution in [2.75, 3.05) is 29.9 Å². The molecule has 1 saturated heterocycles. The molecule has 2 aliphatic rings. The zero-order valence-corrected chi connectivity index (χ0v) is 14.0. The van der Waals surface area contributed by atoms with Crippen molar-refractivity contribution in [1.82, 2.24) is 5.32 Å². The van der Waals surface area contributed by atoms with Gasteiger partial charge in [-0.05, 0) is 44.2 Å². The van der Waals surface area contributed by atoms with E-state index < -0.39 is 0 Å². The van der Waals surface area contributed by atoms with Crippen molar-refractivity contribution in [2.45, 2.75) is 57.4 Å². The number of piperidine rings is 1. The summed E-state index contributed by atoms with van der Waals surface area (Å²) >= 11 is 0. The van der Waals surface area contributed by atoms with Gasteiger partial charge in [0.05, 0.1) is 17.9 Å². The number of para-hydroxylation sites is 2. The second kappa shape index (κ2) is 8.34. The first-order valence-electron chi connectivity index (χ1n) is 9.20. The SMILES string of the molecule is O=C(CNC1CCCCC1)Nc1ccccc1N1CCCCC1. The Bertz CT molecular complexity index is 505. The van der Waals surface area contributed by atoms with Gasteiger partial charge in [-0.2, -0.15) is 0 Å². The zero-order chi connectivity index (χ0) is 15.9. The number of carbonyl (C=O) groups is 1. The number of hydrogen-bond acceptors (Lipinski definition) is 3. The van der Waals surface area contributed by atoms with Crippen LogP contribution in [0.3, 0.4) is 0 Å². The van der Waals surface area contributed by atoms with E-state index in [-0.39, 0.29) is 5.91 Å². The highest BCUT2D eigenvalue weighted by molar-refractivity contribution is 5.95. The molecule has 1 amide bonds. The molecule has 1 aromatic rings. The molecular weight excluding hydrogens is 286 g/mol. The standard InChI is InChI=1S/C19H29N3O/c23-19(15-20-16-9-3-1-4-10-16)21-17-11-5-6-12-18(17)22-13-7-2-8-14-22/h5-6,11-12,16,20H,1-4,7-10,13-15H2,(H,21,23). The van der Waals surface area contributed by atoms with Gasteiger partial charge in [-0.25, -0.2) is 0 Å². The molecule has 2 N–H and O–H groups in total. The molecule has 4 nitrogen and oxygen atoms in total. The zero-order valence-electron chi connectivity index (χ0n) is 14.0. The van der Waals surface area contributed by atoms with E-state index in [9.17, 15) is 4.79 Å². The van der Waals surface area contributed by atoms with Crippen LogP contribution >= 0.6 is 0 Å². The molecule has 4 heteroatoms. The average Bonchev–Trinajstić information content (AvgIpc) is 2.62. The minimum atomic E-state index is 0.0695. The Hall–Kier alpha value is -1.55. The van der Waals surface area contributed by atoms with Gasteiger partial charge in [0.15, 0.2) is 0 Å². The van der Waals surface area contributed by atoms with E-state index in [0.29, 0.717) is 12.6 Å². The average molecular weight is 315 g/mol. The summed E-state index contributed by atoms with van der Waals surface area (Å²) in [4.78, 5) is 14.7. The molecule has 1 heterocycles. The number of nitrogens with zero attached hydrogens (tertiary/aromatic N) is 1. The molecule has 3 rings (SSSR count). The van der Waals surface area contributed by atoms with Crippen LogP contribution in [-0.2, 0) is 4.79 Å². The Balaban J connectivity index is 1.55.